The average molecular weight is 385 g/mol. The normalized spacial score (nSPS) is 23.6. The molecule has 0 spiro atoms. The number of hydrogen-bond acceptors (Lipinski definition) is 3. The maximum atomic E-state index is 6.04. The quantitative estimate of drug-likeness (QED) is 0.780. The third-order valence-corrected chi connectivity index (χ3v) is 4.08. The predicted molar refractivity (Wildman–Crippen MR) is 88.8 cm³/mol. The summed E-state index contributed by atoms with van der Waals surface area (Å²) < 4.78 is 7.25. The number of ether oxygens (including phenoxy) is 1. The first-order valence-corrected chi connectivity index (χ1v) is 8.05. The van der Waals surface area contributed by atoms with E-state index in [0.717, 1.165) is 29.8 Å². The van der Waals surface area contributed by atoms with E-state index in [4.69, 9.17) is 9.72 Å². The number of fused-ring (bicyclic) bond motifs is 1. The molecule has 1 saturated heterocycles. The van der Waals surface area contributed by atoms with Crippen LogP contribution in [0.5, 0.6) is 0 Å². The van der Waals surface area contributed by atoms with Gasteiger partial charge in [0.15, 0.2) is 0 Å². The summed E-state index contributed by atoms with van der Waals surface area (Å²) in [7, 11) is 0. The van der Waals surface area contributed by atoms with Crippen LogP contribution in [0.3, 0.4) is 0 Å². The lowest BCUT2D eigenvalue weighted by atomic mass is 10.1. The molecule has 1 fully saturated rings. The van der Waals surface area contributed by atoms with Gasteiger partial charge in [0.05, 0.1) is 28.8 Å². The number of imidazole rings is 1. The summed E-state index contributed by atoms with van der Waals surface area (Å²) >= 11 is 2.31. The van der Waals surface area contributed by atoms with E-state index in [9.17, 15) is 0 Å². The minimum absolute atomic E-state index is 0.0920. The highest BCUT2D eigenvalue weighted by Crippen LogP contribution is 2.27. The fourth-order valence-corrected chi connectivity index (χ4v) is 3.14. The van der Waals surface area contributed by atoms with Crippen molar-refractivity contribution >= 4 is 33.6 Å². The summed E-state index contributed by atoms with van der Waals surface area (Å²) in [6.45, 7) is 7.19. The minimum atomic E-state index is -0.0920. The Hall–Kier alpha value is -0.660. The molecule has 1 aromatic heterocycles. The van der Waals surface area contributed by atoms with Gasteiger partial charge in [-0.2, -0.15) is 0 Å². The van der Waals surface area contributed by atoms with Crippen molar-refractivity contribution in [1.82, 2.24) is 15.3 Å². The van der Waals surface area contributed by atoms with Crippen LogP contribution in [0, 0.1) is 3.57 Å². The molecule has 108 valence electrons. The van der Waals surface area contributed by atoms with E-state index < -0.39 is 0 Å². The fraction of sp³-hybridized carbons (Fsp3) is 0.533. The lowest BCUT2D eigenvalue weighted by molar-refractivity contribution is -0.0510. The van der Waals surface area contributed by atoms with Crippen LogP contribution < -0.4 is 5.32 Å². The van der Waals surface area contributed by atoms with Crippen molar-refractivity contribution in [2.75, 3.05) is 6.54 Å². The van der Waals surface area contributed by atoms with Gasteiger partial charge in [0.2, 0.25) is 0 Å². The van der Waals surface area contributed by atoms with Gasteiger partial charge in [-0.3, -0.25) is 0 Å². The molecule has 1 unspecified atom stereocenters. The van der Waals surface area contributed by atoms with Gasteiger partial charge in [-0.25, -0.2) is 4.98 Å². The van der Waals surface area contributed by atoms with Gasteiger partial charge in [0.25, 0.3) is 0 Å². The zero-order valence-electron chi connectivity index (χ0n) is 12.0. The Bertz CT molecular complexity index is 617. The highest BCUT2D eigenvalue weighted by atomic mass is 127. The zero-order valence-corrected chi connectivity index (χ0v) is 14.2. The van der Waals surface area contributed by atoms with E-state index in [-0.39, 0.29) is 17.7 Å². The molecule has 0 bridgehead atoms. The minimum Gasteiger partial charge on any atom is -0.371 e. The summed E-state index contributed by atoms with van der Waals surface area (Å²) in [4.78, 5) is 8.12. The van der Waals surface area contributed by atoms with Gasteiger partial charge in [-0.05, 0) is 68.0 Å². The van der Waals surface area contributed by atoms with Gasteiger partial charge in [-0.15, -0.1) is 0 Å². The number of benzene rings is 1. The van der Waals surface area contributed by atoms with Crippen molar-refractivity contribution in [3.8, 4) is 0 Å². The summed E-state index contributed by atoms with van der Waals surface area (Å²) in [5.74, 6) is 1.02. The zero-order chi connectivity index (χ0) is 14.3. The fourth-order valence-electron chi connectivity index (χ4n) is 2.67. The molecule has 5 heteroatoms. The largest absolute Gasteiger partial charge is 0.371 e. The molecule has 2 atom stereocenters. The SMILES string of the molecule is CC(C)(C)O[C@H]1CNC(c2nc3cc(I)ccc3[nH]2)C1. The number of nitrogens with zero attached hydrogens (tertiary/aromatic N) is 1. The molecule has 0 aliphatic carbocycles. The van der Waals surface area contributed by atoms with E-state index in [1.165, 1.54) is 3.57 Å². The van der Waals surface area contributed by atoms with E-state index in [2.05, 4.69) is 71.9 Å². The molecule has 3 rings (SSSR count). The Morgan fingerprint density at radius 1 is 1.35 bits per heavy atom. The van der Waals surface area contributed by atoms with Gasteiger partial charge >= 0.3 is 0 Å². The van der Waals surface area contributed by atoms with Crippen LogP contribution in [0.25, 0.3) is 11.0 Å². The lowest BCUT2D eigenvalue weighted by Gasteiger charge is -2.24. The van der Waals surface area contributed by atoms with Crippen molar-refractivity contribution in [2.24, 2.45) is 0 Å². The highest BCUT2D eigenvalue weighted by molar-refractivity contribution is 14.1. The van der Waals surface area contributed by atoms with Crippen molar-refractivity contribution < 1.29 is 4.74 Å². The Morgan fingerprint density at radius 2 is 2.15 bits per heavy atom. The molecular formula is C15H20IN3O. The number of aromatic nitrogens is 2. The third kappa shape index (κ3) is 3.15. The smallest absolute Gasteiger partial charge is 0.124 e. The molecule has 1 aliphatic rings. The van der Waals surface area contributed by atoms with Crippen molar-refractivity contribution in [2.45, 2.75) is 44.9 Å². The summed E-state index contributed by atoms with van der Waals surface area (Å²) in [5.41, 5.74) is 2.04. The molecule has 1 aliphatic heterocycles. The number of halogens is 1. The van der Waals surface area contributed by atoms with Crippen LogP contribution in [-0.4, -0.2) is 28.2 Å². The standard InChI is InChI=1S/C15H20IN3O/c1-15(2,3)20-10-7-13(17-8-10)14-18-11-5-4-9(16)6-12(11)19-14/h4-6,10,13,17H,7-8H2,1-3H3,(H,18,19)/t10-,13?/m1/s1. The Kier molecular flexibility index (Phi) is 3.77. The number of H-pyrrole nitrogens is 1. The number of hydrogen-bond donors (Lipinski definition) is 2. The van der Waals surface area contributed by atoms with Gasteiger partial charge in [0.1, 0.15) is 5.82 Å². The molecule has 0 saturated carbocycles. The molecule has 20 heavy (non-hydrogen) atoms. The molecule has 2 aromatic rings. The summed E-state index contributed by atoms with van der Waals surface area (Å²) in [6, 6.07) is 6.55. The molecule has 2 N–H and O–H groups in total. The molecule has 1 aromatic carbocycles. The van der Waals surface area contributed by atoms with Crippen molar-refractivity contribution in [3.63, 3.8) is 0 Å². The second-order valence-corrected chi connectivity index (χ2v) is 7.58. The second-order valence-electron chi connectivity index (χ2n) is 6.33. The first kappa shape index (κ1) is 14.3. The van der Waals surface area contributed by atoms with E-state index in [0.29, 0.717) is 0 Å². The summed E-state index contributed by atoms with van der Waals surface area (Å²) in [5, 5.41) is 3.50. The van der Waals surface area contributed by atoms with E-state index in [1.54, 1.807) is 0 Å². The first-order valence-electron chi connectivity index (χ1n) is 6.97. The Balaban J connectivity index is 1.76. The number of rotatable bonds is 2. The van der Waals surface area contributed by atoms with Crippen LogP contribution in [0.1, 0.15) is 39.1 Å². The van der Waals surface area contributed by atoms with Crippen LogP contribution >= 0.6 is 22.6 Å². The monoisotopic (exact) mass is 385 g/mol. The first-order chi connectivity index (χ1) is 9.40. The topological polar surface area (TPSA) is 49.9 Å². The van der Waals surface area contributed by atoms with Gasteiger partial charge in [-0.1, -0.05) is 0 Å². The van der Waals surface area contributed by atoms with Crippen molar-refractivity contribution in [1.29, 1.82) is 0 Å². The Morgan fingerprint density at radius 3 is 2.90 bits per heavy atom. The van der Waals surface area contributed by atoms with Crippen LogP contribution in [0.15, 0.2) is 18.2 Å². The average Bonchev–Trinajstić information content (AvgIpc) is 2.92. The van der Waals surface area contributed by atoms with E-state index in [1.807, 2.05) is 0 Å². The van der Waals surface area contributed by atoms with Gasteiger partial charge < -0.3 is 15.0 Å². The van der Waals surface area contributed by atoms with Crippen LogP contribution in [-0.2, 0) is 4.74 Å². The van der Waals surface area contributed by atoms with Gasteiger partial charge in [0, 0.05) is 10.1 Å². The maximum Gasteiger partial charge on any atom is 0.124 e. The van der Waals surface area contributed by atoms with E-state index >= 15 is 0 Å². The number of nitrogens with one attached hydrogen (secondary N) is 2. The Labute approximate surface area is 132 Å². The molecular weight excluding hydrogens is 365 g/mol. The molecule has 2 heterocycles. The van der Waals surface area contributed by atoms with Crippen molar-refractivity contribution in [3.05, 3.63) is 27.6 Å². The maximum absolute atomic E-state index is 6.04. The molecule has 0 amide bonds. The summed E-state index contributed by atoms with van der Waals surface area (Å²) in [6.07, 6.45) is 1.22. The van der Waals surface area contributed by atoms with Crippen LogP contribution in [0.4, 0.5) is 0 Å². The second kappa shape index (κ2) is 5.27. The third-order valence-electron chi connectivity index (χ3n) is 3.40. The predicted octanol–water partition coefficient (Wildman–Crippen LogP) is 3.39. The van der Waals surface area contributed by atoms with Crippen LogP contribution in [0.2, 0.25) is 0 Å². The molecule has 4 nitrogen and oxygen atoms in total. The lowest BCUT2D eigenvalue weighted by Crippen LogP contribution is -2.28. The number of aromatic amines is 1. The molecule has 0 radical (unpaired) electrons. The highest BCUT2D eigenvalue weighted by Gasteiger charge is 2.30.